The van der Waals surface area contributed by atoms with E-state index in [-0.39, 0.29) is 6.04 Å². The van der Waals surface area contributed by atoms with Crippen LogP contribution < -0.4 is 5.73 Å². The van der Waals surface area contributed by atoms with Gasteiger partial charge < -0.3 is 5.73 Å². The van der Waals surface area contributed by atoms with Crippen LogP contribution in [0.3, 0.4) is 0 Å². The lowest BCUT2D eigenvalue weighted by Crippen LogP contribution is -2.23. The summed E-state index contributed by atoms with van der Waals surface area (Å²) in [5, 5.41) is 0. The van der Waals surface area contributed by atoms with E-state index in [0.29, 0.717) is 5.92 Å². The highest BCUT2D eigenvalue weighted by atomic mass is 14.7. The van der Waals surface area contributed by atoms with Crippen molar-refractivity contribution >= 4 is 0 Å². The van der Waals surface area contributed by atoms with Gasteiger partial charge in [0.25, 0.3) is 0 Å². The first kappa shape index (κ1) is 9.20. The molecule has 0 bridgehead atoms. The Morgan fingerprint density at radius 2 is 2.08 bits per heavy atom. The average molecular weight is 164 g/mol. The van der Waals surface area contributed by atoms with Gasteiger partial charge in [-0.1, -0.05) is 13.0 Å². The van der Waals surface area contributed by atoms with E-state index in [1.54, 1.807) is 0 Å². The highest BCUT2D eigenvalue weighted by Gasteiger charge is 2.12. The molecule has 2 heteroatoms. The molecule has 0 saturated carbocycles. The van der Waals surface area contributed by atoms with Gasteiger partial charge in [0.1, 0.15) is 0 Å². The molecule has 2 nitrogen and oxygen atoms in total. The van der Waals surface area contributed by atoms with E-state index in [0.717, 1.165) is 5.69 Å². The fourth-order valence-electron chi connectivity index (χ4n) is 1.22. The predicted octanol–water partition coefficient (Wildman–Crippen LogP) is 1.84. The van der Waals surface area contributed by atoms with Gasteiger partial charge in [0, 0.05) is 23.9 Å². The number of rotatable bonds is 2. The van der Waals surface area contributed by atoms with E-state index >= 15 is 0 Å². The van der Waals surface area contributed by atoms with Crippen molar-refractivity contribution in [2.24, 2.45) is 5.73 Å². The maximum absolute atomic E-state index is 5.80. The fourth-order valence-corrected chi connectivity index (χ4v) is 1.22. The summed E-state index contributed by atoms with van der Waals surface area (Å²) in [6, 6.07) is 4.19. The van der Waals surface area contributed by atoms with E-state index < -0.39 is 0 Å². The number of hydrogen-bond donors (Lipinski definition) is 1. The Labute approximate surface area is 73.8 Å². The van der Waals surface area contributed by atoms with Crippen LogP contribution in [0.4, 0.5) is 0 Å². The Balaban J connectivity index is 2.94. The highest BCUT2D eigenvalue weighted by Crippen LogP contribution is 2.18. The van der Waals surface area contributed by atoms with Gasteiger partial charge in [0.2, 0.25) is 0 Å². The van der Waals surface area contributed by atoms with Gasteiger partial charge in [-0.05, 0) is 25.5 Å². The zero-order valence-corrected chi connectivity index (χ0v) is 7.91. The molecular weight excluding hydrogens is 148 g/mol. The quantitative estimate of drug-likeness (QED) is 0.724. The van der Waals surface area contributed by atoms with Crippen molar-refractivity contribution in [3.05, 3.63) is 29.6 Å². The molecule has 1 unspecified atom stereocenters. The molecule has 0 radical (unpaired) electrons. The minimum absolute atomic E-state index is 0.165. The highest BCUT2D eigenvalue weighted by molar-refractivity contribution is 5.21. The van der Waals surface area contributed by atoms with Crippen LogP contribution in [-0.4, -0.2) is 11.0 Å². The van der Waals surface area contributed by atoms with Gasteiger partial charge in [-0.3, -0.25) is 4.98 Å². The second-order valence-electron chi connectivity index (χ2n) is 3.35. The maximum Gasteiger partial charge on any atom is 0.0476 e. The zero-order chi connectivity index (χ0) is 9.14. The van der Waals surface area contributed by atoms with Crippen LogP contribution in [0.15, 0.2) is 18.3 Å². The predicted molar refractivity (Wildman–Crippen MR) is 51.0 cm³/mol. The fraction of sp³-hybridized carbons (Fsp3) is 0.500. The first-order valence-electron chi connectivity index (χ1n) is 4.30. The molecule has 66 valence electrons. The summed E-state index contributed by atoms with van der Waals surface area (Å²) in [5.41, 5.74) is 8.14. The van der Waals surface area contributed by atoms with E-state index in [9.17, 15) is 0 Å². The lowest BCUT2D eigenvalue weighted by atomic mass is 9.97. The molecule has 2 atom stereocenters. The number of aromatic nitrogens is 1. The molecule has 0 aliphatic heterocycles. The first-order valence-corrected chi connectivity index (χ1v) is 4.30. The third-order valence-corrected chi connectivity index (χ3v) is 2.27. The number of pyridine rings is 1. The summed E-state index contributed by atoms with van der Waals surface area (Å²) in [7, 11) is 0. The second kappa shape index (κ2) is 3.68. The van der Waals surface area contributed by atoms with Crippen molar-refractivity contribution in [1.82, 2.24) is 4.98 Å². The topological polar surface area (TPSA) is 38.9 Å². The molecule has 0 fully saturated rings. The third-order valence-electron chi connectivity index (χ3n) is 2.27. The molecule has 0 amide bonds. The average Bonchev–Trinajstić information content (AvgIpc) is 2.04. The number of hydrogen-bond acceptors (Lipinski definition) is 2. The van der Waals surface area contributed by atoms with Crippen molar-refractivity contribution in [3.8, 4) is 0 Å². The molecule has 0 saturated heterocycles. The number of nitrogens with two attached hydrogens (primary N) is 1. The Hall–Kier alpha value is -0.890. The Kier molecular flexibility index (Phi) is 2.82. The molecule has 0 aromatic carbocycles. The lowest BCUT2D eigenvalue weighted by molar-refractivity contribution is 0.595. The van der Waals surface area contributed by atoms with Crippen LogP contribution >= 0.6 is 0 Å². The molecule has 0 aliphatic carbocycles. The van der Waals surface area contributed by atoms with Crippen LogP contribution in [0.2, 0.25) is 0 Å². The van der Waals surface area contributed by atoms with E-state index in [2.05, 4.69) is 24.9 Å². The molecule has 0 aliphatic rings. The number of aryl methyl sites for hydroxylation is 1. The van der Waals surface area contributed by atoms with Crippen molar-refractivity contribution in [1.29, 1.82) is 0 Å². The molecule has 0 spiro atoms. The van der Waals surface area contributed by atoms with Gasteiger partial charge in [0.15, 0.2) is 0 Å². The van der Waals surface area contributed by atoms with Crippen molar-refractivity contribution in [2.45, 2.75) is 32.7 Å². The van der Waals surface area contributed by atoms with Crippen molar-refractivity contribution in [3.63, 3.8) is 0 Å². The van der Waals surface area contributed by atoms with E-state index in [4.69, 9.17) is 5.73 Å². The minimum Gasteiger partial charge on any atom is -0.327 e. The van der Waals surface area contributed by atoms with Crippen molar-refractivity contribution in [2.75, 3.05) is 0 Å². The van der Waals surface area contributed by atoms with Crippen LogP contribution in [0.1, 0.15) is 31.0 Å². The van der Waals surface area contributed by atoms with Crippen LogP contribution in [0.25, 0.3) is 0 Å². The SMILES string of the molecule is Cc1cccnc1[C@@H](C)C(C)N. The van der Waals surface area contributed by atoms with Gasteiger partial charge in [0.05, 0.1) is 0 Å². The minimum atomic E-state index is 0.165. The monoisotopic (exact) mass is 164 g/mol. The van der Waals surface area contributed by atoms with Gasteiger partial charge >= 0.3 is 0 Å². The van der Waals surface area contributed by atoms with Crippen LogP contribution in [0.5, 0.6) is 0 Å². The molecule has 1 aromatic heterocycles. The Morgan fingerprint density at radius 1 is 1.42 bits per heavy atom. The molecular formula is C10H16N2. The largest absolute Gasteiger partial charge is 0.327 e. The van der Waals surface area contributed by atoms with E-state index in [1.807, 2.05) is 19.2 Å². The Bertz CT molecular complexity index is 256. The summed E-state index contributed by atoms with van der Waals surface area (Å²) in [6.45, 7) is 6.19. The lowest BCUT2D eigenvalue weighted by Gasteiger charge is -2.16. The van der Waals surface area contributed by atoms with E-state index in [1.165, 1.54) is 5.56 Å². The molecule has 2 N–H and O–H groups in total. The van der Waals surface area contributed by atoms with Crippen molar-refractivity contribution < 1.29 is 0 Å². The van der Waals surface area contributed by atoms with Gasteiger partial charge in [-0.2, -0.15) is 0 Å². The summed E-state index contributed by atoms with van der Waals surface area (Å²) in [5.74, 6) is 0.339. The first-order chi connectivity index (χ1) is 5.63. The van der Waals surface area contributed by atoms with Gasteiger partial charge in [-0.25, -0.2) is 0 Å². The summed E-state index contributed by atoms with van der Waals surface area (Å²) < 4.78 is 0. The standard InChI is InChI=1S/C10H16N2/c1-7-5-4-6-12-10(7)8(2)9(3)11/h4-6,8-9H,11H2,1-3H3/t8-,9?/m0/s1. The third kappa shape index (κ3) is 1.83. The summed E-state index contributed by atoms with van der Waals surface area (Å²) in [6.07, 6.45) is 1.82. The summed E-state index contributed by atoms with van der Waals surface area (Å²) >= 11 is 0. The summed E-state index contributed by atoms with van der Waals surface area (Å²) in [4.78, 5) is 4.32. The maximum atomic E-state index is 5.80. The molecule has 1 rings (SSSR count). The number of nitrogens with zero attached hydrogens (tertiary/aromatic N) is 1. The molecule has 12 heavy (non-hydrogen) atoms. The smallest absolute Gasteiger partial charge is 0.0476 e. The van der Waals surface area contributed by atoms with Crippen LogP contribution in [-0.2, 0) is 0 Å². The molecule has 1 heterocycles. The molecule has 1 aromatic rings. The van der Waals surface area contributed by atoms with Gasteiger partial charge in [-0.15, -0.1) is 0 Å². The normalized spacial score (nSPS) is 15.7. The van der Waals surface area contributed by atoms with Crippen LogP contribution in [0, 0.1) is 6.92 Å². The zero-order valence-electron chi connectivity index (χ0n) is 7.91. The Morgan fingerprint density at radius 3 is 2.58 bits per heavy atom. The second-order valence-corrected chi connectivity index (χ2v) is 3.35.